The van der Waals surface area contributed by atoms with Crippen molar-refractivity contribution in [3.05, 3.63) is 67.9 Å². The molecule has 1 unspecified atom stereocenters. The van der Waals surface area contributed by atoms with Gasteiger partial charge in [-0.25, -0.2) is 4.98 Å². The van der Waals surface area contributed by atoms with E-state index < -0.39 is 0 Å². The number of nitrogens with zero attached hydrogens (tertiary/aromatic N) is 2. The van der Waals surface area contributed by atoms with Crippen LogP contribution in [0.25, 0.3) is 5.65 Å². The third kappa shape index (κ3) is 3.63. The van der Waals surface area contributed by atoms with E-state index in [2.05, 4.69) is 41.7 Å². The van der Waals surface area contributed by atoms with Crippen LogP contribution in [-0.4, -0.2) is 9.38 Å². The molecule has 0 aliphatic carbocycles. The van der Waals surface area contributed by atoms with Crippen LogP contribution >= 0.6 is 22.9 Å². The van der Waals surface area contributed by atoms with Gasteiger partial charge in [0.2, 0.25) is 0 Å². The average Bonchev–Trinajstić information content (AvgIpc) is 3.02. The van der Waals surface area contributed by atoms with Crippen LogP contribution in [0.5, 0.6) is 0 Å². The zero-order chi connectivity index (χ0) is 16.4. The molecule has 0 fully saturated rings. The second-order valence-corrected chi connectivity index (χ2v) is 7.19. The number of halogens is 1. The van der Waals surface area contributed by atoms with Crippen molar-refractivity contribution in [3.8, 4) is 0 Å². The minimum Gasteiger partial charge on any atom is -0.303 e. The van der Waals surface area contributed by atoms with Gasteiger partial charge >= 0.3 is 0 Å². The Balaban J connectivity index is 1.84. The van der Waals surface area contributed by atoms with Crippen LogP contribution in [-0.2, 0) is 6.54 Å². The summed E-state index contributed by atoms with van der Waals surface area (Å²) >= 11 is 7.66. The minimum atomic E-state index is -0.119. The highest BCUT2D eigenvalue weighted by Crippen LogP contribution is 2.25. The van der Waals surface area contributed by atoms with Gasteiger partial charge in [-0.2, -0.15) is 0 Å². The first-order valence-electron chi connectivity index (χ1n) is 7.49. The Labute approximate surface area is 143 Å². The fourth-order valence-electron chi connectivity index (χ4n) is 2.56. The van der Waals surface area contributed by atoms with Crippen molar-refractivity contribution >= 4 is 28.6 Å². The summed E-state index contributed by atoms with van der Waals surface area (Å²) in [6.45, 7) is 4.92. The normalized spacial score (nSPS) is 12.9. The molecule has 1 N–H and O–H groups in total. The third-order valence-electron chi connectivity index (χ3n) is 3.70. The Morgan fingerprint density at radius 1 is 1.35 bits per heavy atom. The fourth-order valence-corrected chi connectivity index (χ4v) is 3.70. The molecule has 120 valence electrons. The predicted molar refractivity (Wildman–Crippen MR) is 95.2 cm³/mol. The summed E-state index contributed by atoms with van der Waals surface area (Å²) in [5, 5.41) is 6.11. The van der Waals surface area contributed by atoms with E-state index in [9.17, 15) is 4.79 Å². The smallest absolute Gasteiger partial charge is 0.258 e. The highest BCUT2D eigenvalue weighted by atomic mass is 35.5. The fraction of sp³-hybridized carbons (Fsp3) is 0.294. The van der Waals surface area contributed by atoms with Gasteiger partial charge in [0.1, 0.15) is 5.65 Å². The quantitative estimate of drug-likeness (QED) is 0.761. The van der Waals surface area contributed by atoms with Crippen LogP contribution < -0.4 is 10.9 Å². The zero-order valence-corrected chi connectivity index (χ0v) is 14.6. The number of nitrogens with one attached hydrogen (secondary N) is 1. The van der Waals surface area contributed by atoms with E-state index in [1.807, 2.05) is 0 Å². The highest BCUT2D eigenvalue weighted by Gasteiger charge is 2.16. The Hall–Kier alpha value is -1.69. The lowest BCUT2D eigenvalue weighted by molar-refractivity contribution is 0.414. The van der Waals surface area contributed by atoms with Gasteiger partial charge in [0, 0.05) is 29.7 Å². The molecule has 3 aromatic heterocycles. The van der Waals surface area contributed by atoms with Crippen LogP contribution in [0, 0.1) is 5.92 Å². The SMILES string of the molecule is CC(C)C(NCc1cc(=O)n2cc(Cl)ccc2n1)c1cccs1. The van der Waals surface area contributed by atoms with Crippen molar-refractivity contribution in [1.29, 1.82) is 0 Å². The Morgan fingerprint density at radius 2 is 2.17 bits per heavy atom. The van der Waals surface area contributed by atoms with Crippen LogP contribution in [0.2, 0.25) is 5.02 Å². The Bertz CT molecular complexity index is 858. The second kappa shape index (κ2) is 6.83. The Kier molecular flexibility index (Phi) is 4.80. The average molecular weight is 348 g/mol. The molecule has 0 radical (unpaired) electrons. The van der Waals surface area contributed by atoms with E-state index in [0.29, 0.717) is 23.1 Å². The lowest BCUT2D eigenvalue weighted by Crippen LogP contribution is -2.26. The van der Waals surface area contributed by atoms with Crippen molar-refractivity contribution in [2.45, 2.75) is 26.4 Å². The number of hydrogen-bond acceptors (Lipinski definition) is 4. The molecule has 0 aromatic carbocycles. The molecule has 0 aliphatic heterocycles. The lowest BCUT2D eigenvalue weighted by atomic mass is 10.0. The highest BCUT2D eigenvalue weighted by molar-refractivity contribution is 7.10. The Morgan fingerprint density at radius 3 is 2.87 bits per heavy atom. The largest absolute Gasteiger partial charge is 0.303 e. The molecule has 0 bridgehead atoms. The molecular formula is C17H18ClN3OS. The number of rotatable bonds is 5. The van der Waals surface area contributed by atoms with Gasteiger partial charge in [-0.15, -0.1) is 11.3 Å². The van der Waals surface area contributed by atoms with E-state index in [0.717, 1.165) is 5.69 Å². The summed E-state index contributed by atoms with van der Waals surface area (Å²) in [5.41, 5.74) is 1.22. The minimum absolute atomic E-state index is 0.119. The molecule has 0 amide bonds. The van der Waals surface area contributed by atoms with E-state index in [1.54, 1.807) is 35.7 Å². The van der Waals surface area contributed by atoms with Gasteiger partial charge in [0.25, 0.3) is 5.56 Å². The van der Waals surface area contributed by atoms with Crippen molar-refractivity contribution in [1.82, 2.24) is 14.7 Å². The van der Waals surface area contributed by atoms with Crippen LogP contribution in [0.3, 0.4) is 0 Å². The number of fused-ring (bicyclic) bond motifs is 1. The molecule has 4 nitrogen and oxygen atoms in total. The molecule has 0 spiro atoms. The van der Waals surface area contributed by atoms with E-state index >= 15 is 0 Å². The summed E-state index contributed by atoms with van der Waals surface area (Å²) in [6.07, 6.45) is 1.59. The molecule has 6 heteroatoms. The molecule has 0 saturated heterocycles. The number of pyridine rings is 1. The molecule has 3 rings (SSSR count). The maximum Gasteiger partial charge on any atom is 0.258 e. The van der Waals surface area contributed by atoms with E-state index in [1.165, 1.54) is 9.28 Å². The topological polar surface area (TPSA) is 46.4 Å². The van der Waals surface area contributed by atoms with Gasteiger partial charge in [0.05, 0.1) is 10.7 Å². The van der Waals surface area contributed by atoms with Gasteiger partial charge in [-0.1, -0.05) is 31.5 Å². The van der Waals surface area contributed by atoms with Crippen molar-refractivity contribution in [3.63, 3.8) is 0 Å². The van der Waals surface area contributed by atoms with E-state index in [4.69, 9.17) is 11.6 Å². The van der Waals surface area contributed by atoms with Crippen molar-refractivity contribution in [2.24, 2.45) is 5.92 Å². The van der Waals surface area contributed by atoms with Gasteiger partial charge in [0.15, 0.2) is 0 Å². The van der Waals surface area contributed by atoms with Gasteiger partial charge in [-0.05, 0) is 29.5 Å². The molecule has 0 aliphatic rings. The second-order valence-electron chi connectivity index (χ2n) is 5.78. The molecule has 3 aromatic rings. The number of aromatic nitrogens is 2. The monoisotopic (exact) mass is 347 g/mol. The maximum atomic E-state index is 12.2. The molecular weight excluding hydrogens is 330 g/mol. The maximum absolute atomic E-state index is 12.2. The summed E-state index contributed by atoms with van der Waals surface area (Å²) < 4.78 is 1.46. The summed E-state index contributed by atoms with van der Waals surface area (Å²) in [5.74, 6) is 0.453. The number of thiophene rings is 1. The van der Waals surface area contributed by atoms with Gasteiger partial charge in [-0.3, -0.25) is 9.20 Å². The van der Waals surface area contributed by atoms with Gasteiger partial charge < -0.3 is 5.32 Å². The first-order chi connectivity index (χ1) is 11.0. The van der Waals surface area contributed by atoms with Crippen molar-refractivity contribution < 1.29 is 0 Å². The standard InChI is InChI=1S/C17H18ClN3OS/c1-11(2)17(14-4-3-7-23-14)19-9-13-8-16(22)21-10-12(18)5-6-15(21)20-13/h3-8,10-11,17,19H,9H2,1-2H3. The molecule has 1 atom stereocenters. The first kappa shape index (κ1) is 16.2. The number of hydrogen-bond donors (Lipinski definition) is 1. The zero-order valence-electron chi connectivity index (χ0n) is 13.0. The molecule has 3 heterocycles. The van der Waals surface area contributed by atoms with E-state index in [-0.39, 0.29) is 11.6 Å². The van der Waals surface area contributed by atoms with Crippen LogP contribution in [0.15, 0.2) is 46.7 Å². The molecule has 23 heavy (non-hydrogen) atoms. The van der Waals surface area contributed by atoms with Crippen LogP contribution in [0.4, 0.5) is 0 Å². The predicted octanol–water partition coefficient (Wildman–Crippen LogP) is 3.90. The summed E-state index contributed by atoms with van der Waals surface area (Å²) in [4.78, 5) is 18.0. The summed E-state index contributed by atoms with van der Waals surface area (Å²) in [6, 6.07) is 9.49. The molecule has 0 saturated carbocycles. The first-order valence-corrected chi connectivity index (χ1v) is 8.75. The lowest BCUT2D eigenvalue weighted by Gasteiger charge is -2.21. The third-order valence-corrected chi connectivity index (χ3v) is 4.87. The summed E-state index contributed by atoms with van der Waals surface area (Å²) in [7, 11) is 0. The van der Waals surface area contributed by atoms with Crippen LogP contribution in [0.1, 0.15) is 30.5 Å². The van der Waals surface area contributed by atoms with Crippen molar-refractivity contribution in [2.75, 3.05) is 0 Å².